The number of aromatic nitrogens is 1. The molecular weight excluding hydrogens is 502 g/mol. The van der Waals surface area contributed by atoms with Crippen molar-refractivity contribution in [2.75, 3.05) is 12.0 Å². The summed E-state index contributed by atoms with van der Waals surface area (Å²) in [6, 6.07) is 14.5. The van der Waals surface area contributed by atoms with Crippen molar-refractivity contribution in [3.8, 4) is 11.1 Å². The van der Waals surface area contributed by atoms with Gasteiger partial charge in [-0.05, 0) is 52.0 Å². The van der Waals surface area contributed by atoms with Gasteiger partial charge in [0.25, 0.3) is 0 Å². The van der Waals surface area contributed by atoms with Gasteiger partial charge in [-0.15, -0.1) is 0 Å². The number of anilines is 1. The zero-order valence-electron chi connectivity index (χ0n) is 19.1. The molecule has 3 aromatic rings. The van der Waals surface area contributed by atoms with Gasteiger partial charge in [0.1, 0.15) is 0 Å². The first-order valence-electron chi connectivity index (χ1n) is 10.6. The Balaban J connectivity index is 1.99. The van der Waals surface area contributed by atoms with Crippen LogP contribution < -0.4 is 4.90 Å². The van der Waals surface area contributed by atoms with Crippen molar-refractivity contribution < 1.29 is 19.2 Å². The molecule has 8 nitrogen and oxygen atoms in total. The van der Waals surface area contributed by atoms with E-state index in [-0.39, 0.29) is 30.4 Å². The Morgan fingerprint density at radius 2 is 1.82 bits per heavy atom. The van der Waals surface area contributed by atoms with Gasteiger partial charge >= 0.3 is 11.7 Å². The highest BCUT2D eigenvalue weighted by molar-refractivity contribution is 9.10. The summed E-state index contributed by atoms with van der Waals surface area (Å²) < 4.78 is 5.37. The van der Waals surface area contributed by atoms with E-state index in [4.69, 9.17) is 4.74 Å². The van der Waals surface area contributed by atoms with Crippen LogP contribution in [0.4, 0.5) is 11.5 Å². The number of hydrogen-bond acceptors (Lipinski definition) is 6. The van der Waals surface area contributed by atoms with Crippen LogP contribution >= 0.6 is 15.9 Å². The zero-order chi connectivity index (χ0) is 24.8. The molecule has 0 atom stereocenters. The van der Waals surface area contributed by atoms with Crippen molar-refractivity contribution in [2.45, 2.75) is 33.2 Å². The second kappa shape index (κ2) is 11.0. The van der Waals surface area contributed by atoms with Crippen LogP contribution in [0.1, 0.15) is 41.3 Å². The minimum Gasteiger partial charge on any atom is -0.465 e. The molecule has 0 saturated carbocycles. The van der Waals surface area contributed by atoms with E-state index in [1.165, 1.54) is 18.2 Å². The van der Waals surface area contributed by atoms with E-state index in [9.17, 15) is 19.7 Å². The first kappa shape index (κ1) is 25.0. The molecule has 176 valence electrons. The number of benzene rings is 2. The lowest BCUT2D eigenvalue weighted by molar-refractivity contribution is -0.384. The first-order valence-corrected chi connectivity index (χ1v) is 11.4. The number of pyridine rings is 1. The molecule has 1 aromatic heterocycles. The zero-order valence-corrected chi connectivity index (χ0v) is 20.7. The second-order valence-corrected chi connectivity index (χ2v) is 8.48. The van der Waals surface area contributed by atoms with E-state index in [1.54, 1.807) is 19.1 Å². The number of nitro groups is 1. The number of amides is 1. The van der Waals surface area contributed by atoms with Crippen molar-refractivity contribution in [1.82, 2.24) is 4.98 Å². The van der Waals surface area contributed by atoms with Crippen LogP contribution in [0.5, 0.6) is 0 Å². The summed E-state index contributed by atoms with van der Waals surface area (Å²) in [4.78, 5) is 42.0. The fourth-order valence-corrected chi connectivity index (χ4v) is 3.89. The number of rotatable bonds is 8. The molecule has 0 unspecified atom stereocenters. The summed E-state index contributed by atoms with van der Waals surface area (Å²) in [6.07, 6.45) is 2.30. The van der Waals surface area contributed by atoms with E-state index in [2.05, 4.69) is 20.9 Å². The van der Waals surface area contributed by atoms with Gasteiger partial charge in [0, 0.05) is 22.7 Å². The van der Waals surface area contributed by atoms with Crippen LogP contribution in [0.25, 0.3) is 11.1 Å². The van der Waals surface area contributed by atoms with Gasteiger partial charge in [-0.1, -0.05) is 49.4 Å². The molecule has 0 fully saturated rings. The Kier molecular flexibility index (Phi) is 8.12. The van der Waals surface area contributed by atoms with Crippen LogP contribution in [-0.2, 0) is 16.1 Å². The van der Waals surface area contributed by atoms with Crippen molar-refractivity contribution in [2.24, 2.45) is 0 Å². The SMILES string of the molecule is CCCC(=O)N(Cc1ccc(-c2ccccc2C(=O)OC)cc1)c1ncc(Br)c(C)c1[N+](=O)[O-]. The number of hydrogen-bond donors (Lipinski definition) is 0. The summed E-state index contributed by atoms with van der Waals surface area (Å²) in [5.74, 6) is -0.663. The molecule has 0 aliphatic rings. The quantitative estimate of drug-likeness (QED) is 0.207. The summed E-state index contributed by atoms with van der Waals surface area (Å²) >= 11 is 3.28. The van der Waals surface area contributed by atoms with Crippen molar-refractivity contribution in [3.63, 3.8) is 0 Å². The Labute approximate surface area is 205 Å². The van der Waals surface area contributed by atoms with Gasteiger partial charge in [0.15, 0.2) is 0 Å². The number of carbonyl (C=O) groups excluding carboxylic acids is 2. The van der Waals surface area contributed by atoms with Crippen molar-refractivity contribution in [3.05, 3.63) is 86.0 Å². The Morgan fingerprint density at radius 3 is 2.44 bits per heavy atom. The number of nitrogens with zero attached hydrogens (tertiary/aromatic N) is 3. The average molecular weight is 526 g/mol. The highest BCUT2D eigenvalue weighted by Gasteiger charge is 2.29. The maximum atomic E-state index is 13.0. The molecule has 0 saturated heterocycles. The van der Waals surface area contributed by atoms with Crippen LogP contribution in [-0.4, -0.2) is 28.9 Å². The first-order chi connectivity index (χ1) is 16.3. The number of carbonyl (C=O) groups is 2. The van der Waals surface area contributed by atoms with Gasteiger partial charge in [0.05, 0.1) is 24.1 Å². The number of esters is 1. The summed E-state index contributed by atoms with van der Waals surface area (Å²) in [7, 11) is 1.33. The van der Waals surface area contributed by atoms with Gasteiger partial charge in [-0.2, -0.15) is 0 Å². The van der Waals surface area contributed by atoms with E-state index in [0.29, 0.717) is 22.0 Å². The smallest absolute Gasteiger partial charge is 0.338 e. The maximum absolute atomic E-state index is 13.0. The van der Waals surface area contributed by atoms with E-state index in [1.807, 2.05) is 43.3 Å². The van der Waals surface area contributed by atoms with Gasteiger partial charge in [-0.3, -0.25) is 19.8 Å². The maximum Gasteiger partial charge on any atom is 0.338 e. The number of halogens is 1. The fourth-order valence-electron chi connectivity index (χ4n) is 3.60. The molecule has 2 aromatic carbocycles. The second-order valence-electron chi connectivity index (χ2n) is 7.62. The van der Waals surface area contributed by atoms with Crippen LogP contribution in [0.2, 0.25) is 0 Å². The molecule has 3 rings (SSSR count). The van der Waals surface area contributed by atoms with Crippen molar-refractivity contribution >= 4 is 39.3 Å². The van der Waals surface area contributed by atoms with E-state index in [0.717, 1.165) is 16.7 Å². The van der Waals surface area contributed by atoms with Gasteiger partial charge < -0.3 is 4.74 Å². The molecule has 9 heteroatoms. The minimum absolute atomic E-state index is 0.0178. The van der Waals surface area contributed by atoms with Gasteiger partial charge in [-0.25, -0.2) is 9.78 Å². The topological polar surface area (TPSA) is 103 Å². The molecule has 0 N–H and O–H groups in total. The normalized spacial score (nSPS) is 10.6. The highest BCUT2D eigenvalue weighted by Crippen LogP contribution is 2.35. The third kappa shape index (κ3) is 5.31. The van der Waals surface area contributed by atoms with E-state index >= 15 is 0 Å². The molecule has 0 aliphatic heterocycles. The molecule has 0 radical (unpaired) electrons. The lowest BCUT2D eigenvalue weighted by Crippen LogP contribution is -2.31. The molecule has 0 aliphatic carbocycles. The van der Waals surface area contributed by atoms with Crippen LogP contribution in [0, 0.1) is 17.0 Å². The monoisotopic (exact) mass is 525 g/mol. The molecule has 1 amide bonds. The molecule has 34 heavy (non-hydrogen) atoms. The molecule has 0 bridgehead atoms. The fraction of sp³-hybridized carbons (Fsp3) is 0.240. The van der Waals surface area contributed by atoms with E-state index < -0.39 is 10.9 Å². The largest absolute Gasteiger partial charge is 0.465 e. The van der Waals surface area contributed by atoms with Crippen LogP contribution in [0.3, 0.4) is 0 Å². The average Bonchev–Trinajstić information content (AvgIpc) is 2.84. The molecule has 1 heterocycles. The Bertz CT molecular complexity index is 1230. The number of methoxy groups -OCH3 is 1. The third-order valence-corrected chi connectivity index (χ3v) is 6.17. The third-order valence-electron chi connectivity index (χ3n) is 5.37. The predicted octanol–water partition coefficient (Wildman–Crippen LogP) is 5.85. The Hall–Kier alpha value is -3.59. The lowest BCUT2D eigenvalue weighted by Gasteiger charge is -2.22. The van der Waals surface area contributed by atoms with Gasteiger partial charge in [0.2, 0.25) is 11.7 Å². The lowest BCUT2D eigenvalue weighted by atomic mass is 9.98. The number of ether oxygens (including phenoxy) is 1. The van der Waals surface area contributed by atoms with Crippen molar-refractivity contribution in [1.29, 1.82) is 0 Å². The predicted molar refractivity (Wildman–Crippen MR) is 133 cm³/mol. The molecule has 0 spiro atoms. The Morgan fingerprint density at radius 1 is 1.15 bits per heavy atom. The summed E-state index contributed by atoms with van der Waals surface area (Å²) in [5, 5.41) is 11.8. The highest BCUT2D eigenvalue weighted by atomic mass is 79.9. The summed E-state index contributed by atoms with van der Waals surface area (Å²) in [5.41, 5.74) is 2.94. The molecular formula is C25H24BrN3O5. The minimum atomic E-state index is -0.512. The standard InChI is InChI=1S/C25H24BrN3O5/c1-4-7-22(30)28(24-23(29(32)33)16(2)21(26)14-27-24)15-17-10-12-18(13-11-17)19-8-5-6-9-20(19)25(31)34-3/h5-6,8-14H,4,7,15H2,1-3H3. The van der Waals surface area contributed by atoms with Crippen LogP contribution in [0.15, 0.2) is 59.2 Å². The summed E-state index contributed by atoms with van der Waals surface area (Å²) in [6.45, 7) is 3.61.